The van der Waals surface area contributed by atoms with Crippen molar-refractivity contribution in [2.24, 2.45) is 0 Å². The number of nitrogens with zero attached hydrogens (tertiary/aromatic N) is 5. The molecule has 0 saturated carbocycles. The smallest absolute Gasteiger partial charge is 0.208 e. The fourth-order valence-electron chi connectivity index (χ4n) is 2.97. The van der Waals surface area contributed by atoms with Crippen LogP contribution in [0.1, 0.15) is 20.3 Å². The minimum atomic E-state index is -0.284. The van der Waals surface area contributed by atoms with Crippen LogP contribution in [0.4, 0.5) is 5.13 Å². The zero-order chi connectivity index (χ0) is 16.2. The monoisotopic (exact) mass is 333 g/mol. The second-order valence-corrected chi connectivity index (χ2v) is 6.91. The minimum Gasteiger partial charge on any atom is -0.392 e. The number of aromatic nitrogens is 3. The maximum absolute atomic E-state index is 9.65. The molecule has 0 spiro atoms. The fourth-order valence-corrected chi connectivity index (χ4v) is 3.83. The predicted octanol–water partition coefficient (Wildman–Crippen LogP) is 1.88. The molecule has 0 aliphatic carbocycles. The molecule has 23 heavy (non-hydrogen) atoms. The second-order valence-electron chi connectivity index (χ2n) is 5.96. The van der Waals surface area contributed by atoms with Gasteiger partial charge in [0.1, 0.15) is 5.69 Å². The summed E-state index contributed by atoms with van der Waals surface area (Å²) in [6, 6.07) is 6.27. The molecule has 0 aromatic carbocycles. The first-order valence-corrected chi connectivity index (χ1v) is 8.91. The molecule has 2 aromatic heterocycles. The molecule has 124 valence electrons. The Labute approximate surface area is 140 Å². The van der Waals surface area contributed by atoms with Crippen LogP contribution >= 0.6 is 11.3 Å². The van der Waals surface area contributed by atoms with Crippen molar-refractivity contribution in [3.8, 4) is 10.7 Å². The summed E-state index contributed by atoms with van der Waals surface area (Å²) < 4.78 is 0. The van der Waals surface area contributed by atoms with E-state index in [1.54, 1.807) is 17.5 Å². The number of rotatable bonds is 5. The van der Waals surface area contributed by atoms with Crippen molar-refractivity contribution < 1.29 is 5.11 Å². The van der Waals surface area contributed by atoms with Gasteiger partial charge < -0.3 is 10.0 Å². The molecule has 0 bridgehead atoms. The van der Waals surface area contributed by atoms with Crippen LogP contribution in [0.2, 0.25) is 0 Å². The maximum atomic E-state index is 9.65. The van der Waals surface area contributed by atoms with Gasteiger partial charge in [-0.2, -0.15) is 0 Å². The number of hydrogen-bond acceptors (Lipinski definition) is 7. The lowest BCUT2D eigenvalue weighted by Gasteiger charge is -2.41. The number of β-amino-alcohol motifs (C(OH)–C–C–N with tert-alkyl or cyclic N) is 1. The molecule has 3 heterocycles. The number of anilines is 1. The van der Waals surface area contributed by atoms with Gasteiger partial charge in [0.05, 0.1) is 6.10 Å². The van der Waals surface area contributed by atoms with Gasteiger partial charge in [-0.15, -0.1) is 10.2 Å². The minimum absolute atomic E-state index is 0.284. The third kappa shape index (κ3) is 3.85. The van der Waals surface area contributed by atoms with Gasteiger partial charge in [0.25, 0.3) is 0 Å². The Morgan fingerprint density at radius 1 is 1.35 bits per heavy atom. The van der Waals surface area contributed by atoms with E-state index in [1.165, 1.54) is 0 Å². The van der Waals surface area contributed by atoms with Gasteiger partial charge in [-0.3, -0.25) is 9.88 Å². The predicted molar refractivity (Wildman–Crippen MR) is 92.7 cm³/mol. The van der Waals surface area contributed by atoms with Crippen LogP contribution < -0.4 is 4.90 Å². The SMILES string of the molecule is CCC1CN(c2nnc(-c3ccccn3)s2)CCN1CC(C)O. The van der Waals surface area contributed by atoms with Crippen LogP contribution in [0.5, 0.6) is 0 Å². The Morgan fingerprint density at radius 3 is 2.91 bits per heavy atom. The zero-order valence-corrected chi connectivity index (χ0v) is 14.4. The van der Waals surface area contributed by atoms with Gasteiger partial charge in [0.15, 0.2) is 5.01 Å². The lowest BCUT2D eigenvalue weighted by molar-refractivity contribution is 0.0885. The largest absolute Gasteiger partial charge is 0.392 e. The van der Waals surface area contributed by atoms with E-state index in [0.29, 0.717) is 6.04 Å². The highest BCUT2D eigenvalue weighted by Crippen LogP contribution is 2.29. The average molecular weight is 333 g/mol. The van der Waals surface area contributed by atoms with Crippen LogP contribution in [0, 0.1) is 0 Å². The van der Waals surface area contributed by atoms with E-state index in [0.717, 1.165) is 48.4 Å². The normalized spacial score (nSPS) is 20.7. The Bertz CT molecular complexity index is 618. The Morgan fingerprint density at radius 2 is 2.22 bits per heavy atom. The molecule has 1 aliphatic heterocycles. The molecule has 1 fully saturated rings. The number of aliphatic hydroxyl groups is 1. The Kier molecular flexibility index (Phi) is 5.20. The van der Waals surface area contributed by atoms with Gasteiger partial charge in [-0.1, -0.05) is 24.3 Å². The number of hydrogen-bond donors (Lipinski definition) is 1. The first-order valence-electron chi connectivity index (χ1n) is 8.09. The number of piperazine rings is 1. The van der Waals surface area contributed by atoms with Crippen LogP contribution in [0.15, 0.2) is 24.4 Å². The summed E-state index contributed by atoms with van der Waals surface area (Å²) >= 11 is 1.59. The van der Waals surface area contributed by atoms with E-state index in [1.807, 2.05) is 25.1 Å². The second kappa shape index (κ2) is 7.33. The van der Waals surface area contributed by atoms with Crippen molar-refractivity contribution in [3.63, 3.8) is 0 Å². The summed E-state index contributed by atoms with van der Waals surface area (Å²) in [4.78, 5) is 9.02. The van der Waals surface area contributed by atoms with E-state index < -0.39 is 0 Å². The summed E-state index contributed by atoms with van der Waals surface area (Å²) in [5.74, 6) is 0. The topological polar surface area (TPSA) is 65.4 Å². The first-order chi connectivity index (χ1) is 11.2. The van der Waals surface area contributed by atoms with E-state index in [-0.39, 0.29) is 6.10 Å². The third-order valence-corrected chi connectivity index (χ3v) is 5.15. The summed E-state index contributed by atoms with van der Waals surface area (Å²) in [6.45, 7) is 7.58. The average Bonchev–Trinajstić information content (AvgIpc) is 3.05. The lowest BCUT2D eigenvalue weighted by Crippen LogP contribution is -2.54. The zero-order valence-electron chi connectivity index (χ0n) is 13.6. The highest BCUT2D eigenvalue weighted by molar-refractivity contribution is 7.18. The molecule has 1 N–H and O–H groups in total. The highest BCUT2D eigenvalue weighted by Gasteiger charge is 2.28. The molecule has 2 aromatic rings. The van der Waals surface area contributed by atoms with Gasteiger partial charge in [0.2, 0.25) is 5.13 Å². The molecule has 6 nitrogen and oxygen atoms in total. The molecule has 7 heteroatoms. The summed E-state index contributed by atoms with van der Waals surface area (Å²) in [6.07, 6.45) is 2.56. The van der Waals surface area contributed by atoms with Crippen molar-refractivity contribution in [2.45, 2.75) is 32.4 Å². The van der Waals surface area contributed by atoms with Crippen molar-refractivity contribution in [3.05, 3.63) is 24.4 Å². The quantitative estimate of drug-likeness (QED) is 0.901. The van der Waals surface area contributed by atoms with Crippen molar-refractivity contribution in [2.75, 3.05) is 31.1 Å². The van der Waals surface area contributed by atoms with Crippen LogP contribution in [-0.2, 0) is 0 Å². The van der Waals surface area contributed by atoms with E-state index in [2.05, 4.69) is 31.9 Å². The van der Waals surface area contributed by atoms with Crippen molar-refractivity contribution in [1.82, 2.24) is 20.1 Å². The maximum Gasteiger partial charge on any atom is 0.208 e. The van der Waals surface area contributed by atoms with Gasteiger partial charge >= 0.3 is 0 Å². The molecule has 1 saturated heterocycles. The summed E-state index contributed by atoms with van der Waals surface area (Å²) in [5, 5.41) is 20.1. The number of aliphatic hydroxyl groups excluding tert-OH is 1. The molecule has 0 radical (unpaired) electrons. The standard InChI is InChI=1S/C16H23N5OS/c1-3-13-11-21(9-8-20(13)10-12(2)22)16-19-18-15(23-16)14-6-4-5-7-17-14/h4-7,12-13,22H,3,8-11H2,1-2H3. The van der Waals surface area contributed by atoms with Crippen LogP contribution in [0.25, 0.3) is 10.7 Å². The highest BCUT2D eigenvalue weighted by atomic mass is 32.1. The van der Waals surface area contributed by atoms with E-state index in [4.69, 9.17) is 0 Å². The van der Waals surface area contributed by atoms with Crippen molar-refractivity contribution >= 4 is 16.5 Å². The molecule has 0 amide bonds. The van der Waals surface area contributed by atoms with Gasteiger partial charge in [0, 0.05) is 38.4 Å². The molecule has 3 rings (SSSR count). The van der Waals surface area contributed by atoms with E-state index >= 15 is 0 Å². The van der Waals surface area contributed by atoms with Crippen LogP contribution in [-0.4, -0.2) is 63.5 Å². The molecule has 2 unspecified atom stereocenters. The first kappa shape index (κ1) is 16.3. The van der Waals surface area contributed by atoms with Crippen LogP contribution in [0.3, 0.4) is 0 Å². The third-order valence-electron chi connectivity index (χ3n) is 4.14. The molecular weight excluding hydrogens is 310 g/mol. The fraction of sp³-hybridized carbons (Fsp3) is 0.562. The lowest BCUT2D eigenvalue weighted by atomic mass is 10.1. The summed E-state index contributed by atoms with van der Waals surface area (Å²) in [5.41, 5.74) is 0.871. The van der Waals surface area contributed by atoms with Gasteiger partial charge in [-0.25, -0.2) is 0 Å². The Balaban J connectivity index is 1.70. The van der Waals surface area contributed by atoms with E-state index in [9.17, 15) is 5.11 Å². The molecule has 2 atom stereocenters. The van der Waals surface area contributed by atoms with Gasteiger partial charge in [-0.05, 0) is 25.5 Å². The summed E-state index contributed by atoms with van der Waals surface area (Å²) in [7, 11) is 0. The molecular formula is C16H23N5OS. The molecule has 1 aliphatic rings. The Hall–Kier alpha value is -1.57. The van der Waals surface area contributed by atoms with Crippen molar-refractivity contribution in [1.29, 1.82) is 0 Å². The number of pyridine rings is 1.